The van der Waals surface area contributed by atoms with Crippen LogP contribution in [0.1, 0.15) is 48.9 Å². The molecule has 2 aromatic rings. The van der Waals surface area contributed by atoms with Crippen molar-refractivity contribution >= 4 is 11.4 Å². The van der Waals surface area contributed by atoms with Crippen LogP contribution in [0.5, 0.6) is 0 Å². The smallest absolute Gasteiger partial charge is 0.238 e. The van der Waals surface area contributed by atoms with Crippen LogP contribution in [0.15, 0.2) is 48.5 Å². The van der Waals surface area contributed by atoms with E-state index < -0.39 is 6.43 Å². The van der Waals surface area contributed by atoms with Crippen LogP contribution in [0.4, 0.5) is 14.5 Å². The number of hydrogen-bond donors (Lipinski definition) is 1. The molecule has 1 nitrogen and oxygen atoms in total. The summed E-state index contributed by atoms with van der Waals surface area (Å²) in [5.41, 5.74) is 7.48. The van der Waals surface area contributed by atoms with Crippen LogP contribution in [0.25, 0.3) is 5.70 Å². The maximum Gasteiger partial charge on any atom is 0.238 e. The van der Waals surface area contributed by atoms with Gasteiger partial charge >= 0.3 is 0 Å². The van der Waals surface area contributed by atoms with Crippen molar-refractivity contribution in [2.45, 2.75) is 53.9 Å². The number of nitrogens with one attached hydrogen (secondary N) is 1. The molecular formula is C22H29F2N. The zero-order chi connectivity index (χ0) is 18.8. The van der Waals surface area contributed by atoms with Crippen molar-refractivity contribution in [3.63, 3.8) is 0 Å². The summed E-state index contributed by atoms with van der Waals surface area (Å²) in [6.07, 6.45) is 1.12. The molecule has 0 bridgehead atoms. The Morgan fingerprint density at radius 3 is 2.04 bits per heavy atom. The predicted molar refractivity (Wildman–Crippen MR) is 105 cm³/mol. The van der Waals surface area contributed by atoms with E-state index in [9.17, 15) is 8.78 Å². The van der Waals surface area contributed by atoms with Gasteiger partial charge in [0.2, 0.25) is 6.43 Å². The number of rotatable bonds is 5. The van der Waals surface area contributed by atoms with Gasteiger partial charge in [-0.3, -0.25) is 0 Å². The van der Waals surface area contributed by atoms with E-state index in [1.54, 1.807) is 0 Å². The first-order valence-corrected chi connectivity index (χ1v) is 8.77. The summed E-state index contributed by atoms with van der Waals surface area (Å²) in [6.45, 7) is 10.0. The molecule has 136 valence electrons. The SMILES string of the molecule is CCC(F)F.CCC=C(Nc1ccc(C)cc1)c1cc(C)ccc1C. The third-order valence-corrected chi connectivity index (χ3v) is 3.73. The highest BCUT2D eigenvalue weighted by atomic mass is 19.3. The van der Waals surface area contributed by atoms with Gasteiger partial charge in [-0.1, -0.05) is 55.3 Å². The van der Waals surface area contributed by atoms with Crippen molar-refractivity contribution < 1.29 is 8.78 Å². The van der Waals surface area contributed by atoms with E-state index in [0.29, 0.717) is 0 Å². The van der Waals surface area contributed by atoms with E-state index in [1.807, 2.05) is 0 Å². The number of halogens is 2. The number of alkyl halides is 2. The summed E-state index contributed by atoms with van der Waals surface area (Å²) in [5, 5.41) is 3.55. The molecule has 0 aliphatic rings. The molecule has 0 unspecified atom stereocenters. The van der Waals surface area contributed by atoms with E-state index >= 15 is 0 Å². The molecule has 0 saturated heterocycles. The van der Waals surface area contributed by atoms with E-state index in [0.717, 1.165) is 12.1 Å². The Balaban J connectivity index is 0.000000550. The molecule has 0 fully saturated rings. The maximum atomic E-state index is 10.8. The lowest BCUT2D eigenvalue weighted by Crippen LogP contribution is -2.01. The molecular weight excluding hydrogens is 316 g/mol. The van der Waals surface area contributed by atoms with Crippen molar-refractivity contribution in [2.24, 2.45) is 0 Å². The van der Waals surface area contributed by atoms with Gasteiger partial charge in [-0.2, -0.15) is 0 Å². The van der Waals surface area contributed by atoms with Crippen LogP contribution < -0.4 is 5.32 Å². The molecule has 0 aliphatic carbocycles. The van der Waals surface area contributed by atoms with Gasteiger partial charge in [0.15, 0.2) is 0 Å². The fourth-order valence-corrected chi connectivity index (χ4v) is 2.25. The number of allylic oxidation sites excluding steroid dienone is 1. The van der Waals surface area contributed by atoms with Gasteiger partial charge in [0, 0.05) is 23.4 Å². The quantitative estimate of drug-likeness (QED) is 0.607. The number of hydrogen-bond acceptors (Lipinski definition) is 1. The molecule has 0 amide bonds. The monoisotopic (exact) mass is 345 g/mol. The maximum absolute atomic E-state index is 10.8. The summed E-state index contributed by atoms with van der Waals surface area (Å²) in [5.74, 6) is 0. The Labute approximate surface area is 150 Å². The van der Waals surface area contributed by atoms with Crippen molar-refractivity contribution in [2.75, 3.05) is 5.32 Å². The van der Waals surface area contributed by atoms with Crippen LogP contribution in [-0.2, 0) is 0 Å². The van der Waals surface area contributed by atoms with Crippen LogP contribution in [0.2, 0.25) is 0 Å². The highest BCUT2D eigenvalue weighted by Gasteiger charge is 2.05. The minimum atomic E-state index is -2.12. The molecule has 0 heterocycles. The van der Waals surface area contributed by atoms with Gasteiger partial charge in [0.25, 0.3) is 0 Å². The van der Waals surface area contributed by atoms with E-state index in [4.69, 9.17) is 0 Å². The zero-order valence-electron chi connectivity index (χ0n) is 15.9. The third kappa shape index (κ3) is 7.51. The zero-order valence-corrected chi connectivity index (χ0v) is 15.9. The Kier molecular flexibility index (Phi) is 8.90. The van der Waals surface area contributed by atoms with Gasteiger partial charge in [-0.15, -0.1) is 0 Å². The molecule has 0 aromatic heterocycles. The molecule has 2 rings (SSSR count). The summed E-state index contributed by atoms with van der Waals surface area (Å²) in [4.78, 5) is 0. The fraction of sp³-hybridized carbons (Fsp3) is 0.364. The van der Waals surface area contributed by atoms with Crippen molar-refractivity contribution in [3.05, 3.63) is 70.8 Å². The molecule has 0 saturated carbocycles. The second-order valence-electron chi connectivity index (χ2n) is 6.13. The second kappa shape index (κ2) is 10.7. The highest BCUT2D eigenvalue weighted by molar-refractivity contribution is 5.78. The average molecular weight is 345 g/mol. The van der Waals surface area contributed by atoms with Crippen LogP contribution >= 0.6 is 0 Å². The predicted octanol–water partition coefficient (Wildman–Crippen LogP) is 7.14. The van der Waals surface area contributed by atoms with E-state index in [1.165, 1.54) is 34.9 Å². The third-order valence-electron chi connectivity index (χ3n) is 3.73. The molecule has 2 aromatic carbocycles. The van der Waals surface area contributed by atoms with Crippen molar-refractivity contribution in [1.82, 2.24) is 0 Å². The van der Waals surface area contributed by atoms with E-state index in [2.05, 4.69) is 81.6 Å². The second-order valence-corrected chi connectivity index (χ2v) is 6.13. The van der Waals surface area contributed by atoms with Gasteiger partial charge in [0.1, 0.15) is 0 Å². The molecule has 0 atom stereocenters. The minimum Gasteiger partial charge on any atom is -0.355 e. The minimum absolute atomic E-state index is 0.0278. The topological polar surface area (TPSA) is 12.0 Å². The summed E-state index contributed by atoms with van der Waals surface area (Å²) in [7, 11) is 0. The Morgan fingerprint density at radius 1 is 0.960 bits per heavy atom. The largest absolute Gasteiger partial charge is 0.355 e. The van der Waals surface area contributed by atoms with Gasteiger partial charge < -0.3 is 5.32 Å². The number of benzene rings is 2. The standard InChI is InChI=1S/C19H23N.C3H6F2/c1-5-6-19(18-13-15(3)7-10-16(18)4)20-17-11-8-14(2)9-12-17;1-2-3(4)5/h6-13,20H,5H2,1-4H3;3H,2H2,1H3. The van der Waals surface area contributed by atoms with Crippen LogP contribution in [0, 0.1) is 20.8 Å². The molecule has 3 heteroatoms. The molecule has 25 heavy (non-hydrogen) atoms. The number of anilines is 1. The summed E-state index contributed by atoms with van der Waals surface area (Å²) >= 11 is 0. The van der Waals surface area contributed by atoms with Crippen LogP contribution in [-0.4, -0.2) is 6.43 Å². The molecule has 0 radical (unpaired) electrons. The molecule has 1 N–H and O–H groups in total. The van der Waals surface area contributed by atoms with Gasteiger partial charge in [-0.25, -0.2) is 8.78 Å². The number of aryl methyl sites for hydroxylation is 3. The van der Waals surface area contributed by atoms with E-state index in [-0.39, 0.29) is 6.42 Å². The Hall–Kier alpha value is -2.16. The Bertz CT molecular complexity index is 673. The lowest BCUT2D eigenvalue weighted by molar-refractivity contribution is 0.144. The average Bonchev–Trinajstić information content (AvgIpc) is 2.59. The van der Waals surface area contributed by atoms with Gasteiger partial charge in [-0.05, 0) is 51.0 Å². The first kappa shape index (κ1) is 20.9. The van der Waals surface area contributed by atoms with Crippen LogP contribution in [0.3, 0.4) is 0 Å². The lowest BCUT2D eigenvalue weighted by atomic mass is 10.0. The highest BCUT2D eigenvalue weighted by Crippen LogP contribution is 2.23. The van der Waals surface area contributed by atoms with Crippen molar-refractivity contribution in [1.29, 1.82) is 0 Å². The first-order valence-electron chi connectivity index (χ1n) is 8.77. The summed E-state index contributed by atoms with van der Waals surface area (Å²) in [6, 6.07) is 15.1. The Morgan fingerprint density at radius 2 is 1.52 bits per heavy atom. The molecule has 0 spiro atoms. The summed E-state index contributed by atoms with van der Waals surface area (Å²) < 4.78 is 21.5. The fourth-order valence-electron chi connectivity index (χ4n) is 2.25. The lowest BCUT2D eigenvalue weighted by Gasteiger charge is -2.15. The van der Waals surface area contributed by atoms with Crippen molar-refractivity contribution in [3.8, 4) is 0 Å². The first-order chi connectivity index (χ1) is 11.9. The molecule has 0 aliphatic heterocycles. The normalized spacial score (nSPS) is 11.1. The van der Waals surface area contributed by atoms with Gasteiger partial charge in [0.05, 0.1) is 0 Å².